The molecule has 6 nitrogen and oxygen atoms in total. The lowest BCUT2D eigenvalue weighted by molar-refractivity contribution is -0.759. The summed E-state index contributed by atoms with van der Waals surface area (Å²) in [5, 5.41) is 8.80. The zero-order valence-corrected chi connectivity index (χ0v) is 5.19. The van der Waals surface area contributed by atoms with Crippen molar-refractivity contribution in [2.45, 2.75) is 6.10 Å². The molecule has 1 aliphatic rings. The molecule has 0 bridgehead atoms. The Morgan fingerprint density at radius 2 is 2.60 bits per heavy atom. The Hall–Kier alpha value is -0.880. The second kappa shape index (κ2) is 3.33. The molecule has 1 saturated heterocycles. The molecule has 1 unspecified atom stereocenters. The van der Waals surface area contributed by atoms with Crippen molar-refractivity contribution in [3.63, 3.8) is 0 Å². The average Bonchev–Trinajstić information content (AvgIpc) is 2.34. The van der Waals surface area contributed by atoms with Gasteiger partial charge in [-0.25, -0.2) is 0 Å². The predicted molar refractivity (Wildman–Crippen MR) is 28.6 cm³/mol. The van der Waals surface area contributed by atoms with Gasteiger partial charge in [0.2, 0.25) is 0 Å². The smallest absolute Gasteiger partial charge is 0.294 e. The van der Waals surface area contributed by atoms with Gasteiger partial charge in [-0.1, -0.05) is 0 Å². The van der Waals surface area contributed by atoms with E-state index in [1.807, 2.05) is 0 Å². The maximum Gasteiger partial charge on any atom is 0.294 e. The molecule has 6 heteroatoms. The fraction of sp³-hybridized carbons (Fsp3) is 1.00. The Labute approximate surface area is 56.8 Å². The summed E-state index contributed by atoms with van der Waals surface area (Å²) in [7, 11) is 0. The molecule has 0 saturated carbocycles. The van der Waals surface area contributed by atoms with Crippen LogP contribution >= 0.6 is 0 Å². The van der Waals surface area contributed by atoms with Gasteiger partial charge in [0.15, 0.2) is 0 Å². The summed E-state index contributed by atoms with van der Waals surface area (Å²) < 4.78 is 9.62. The topological polar surface area (TPSA) is 70.8 Å². The van der Waals surface area contributed by atoms with Crippen molar-refractivity contribution in [1.82, 2.24) is 0 Å². The van der Waals surface area contributed by atoms with E-state index in [2.05, 4.69) is 4.84 Å². The largest absolute Gasteiger partial charge is 0.353 e. The molecule has 0 aliphatic carbocycles. The molecule has 1 atom stereocenters. The van der Waals surface area contributed by atoms with Gasteiger partial charge in [-0.3, -0.25) is 0 Å². The monoisotopic (exact) mass is 149 g/mol. The quantitative estimate of drug-likeness (QED) is 0.402. The van der Waals surface area contributed by atoms with E-state index in [1.54, 1.807) is 0 Å². The van der Waals surface area contributed by atoms with Crippen molar-refractivity contribution in [2.75, 3.05) is 20.0 Å². The second-order valence-electron chi connectivity index (χ2n) is 1.80. The summed E-state index contributed by atoms with van der Waals surface area (Å²) in [5.41, 5.74) is 0. The van der Waals surface area contributed by atoms with Crippen molar-refractivity contribution in [3.8, 4) is 0 Å². The zero-order chi connectivity index (χ0) is 7.40. The summed E-state index contributed by atoms with van der Waals surface area (Å²) >= 11 is 0. The van der Waals surface area contributed by atoms with E-state index in [-0.39, 0.29) is 19.5 Å². The minimum Gasteiger partial charge on any atom is -0.353 e. The van der Waals surface area contributed by atoms with Crippen LogP contribution in [0.2, 0.25) is 0 Å². The molecule has 0 aromatic heterocycles. The van der Waals surface area contributed by atoms with Crippen LogP contribution in [0.5, 0.6) is 0 Å². The molecular weight excluding hydrogens is 142 g/mol. The molecule has 1 fully saturated rings. The summed E-state index contributed by atoms with van der Waals surface area (Å²) in [4.78, 5) is 13.7. The van der Waals surface area contributed by atoms with Crippen molar-refractivity contribution in [2.24, 2.45) is 0 Å². The number of nitrogens with zero attached hydrogens (tertiary/aromatic N) is 1. The molecule has 1 heterocycles. The van der Waals surface area contributed by atoms with Gasteiger partial charge >= 0.3 is 0 Å². The van der Waals surface area contributed by atoms with Crippen molar-refractivity contribution in [1.29, 1.82) is 0 Å². The number of hydrogen-bond donors (Lipinski definition) is 0. The fourth-order valence-corrected chi connectivity index (χ4v) is 0.612. The molecule has 58 valence electrons. The summed E-state index contributed by atoms with van der Waals surface area (Å²) in [6, 6.07) is 0. The molecule has 1 rings (SSSR count). The van der Waals surface area contributed by atoms with Crippen molar-refractivity contribution < 1.29 is 19.4 Å². The third-order valence-corrected chi connectivity index (χ3v) is 1.06. The standard InChI is InChI=1S/C4H7NO5/c6-5(7)10-2-4-1-8-3-9-4/h4H,1-3H2. The summed E-state index contributed by atoms with van der Waals surface area (Å²) in [6.45, 7) is 0.520. The first-order valence-electron chi connectivity index (χ1n) is 2.75. The number of hydrogen-bond acceptors (Lipinski definition) is 5. The van der Waals surface area contributed by atoms with E-state index < -0.39 is 5.09 Å². The highest BCUT2D eigenvalue weighted by atomic mass is 17.0. The van der Waals surface area contributed by atoms with Crippen molar-refractivity contribution in [3.05, 3.63) is 10.1 Å². The van der Waals surface area contributed by atoms with Gasteiger partial charge in [0.25, 0.3) is 5.09 Å². The Kier molecular flexibility index (Phi) is 2.41. The van der Waals surface area contributed by atoms with E-state index in [9.17, 15) is 10.1 Å². The van der Waals surface area contributed by atoms with Crippen LogP contribution in [0.4, 0.5) is 0 Å². The van der Waals surface area contributed by atoms with Gasteiger partial charge in [-0.2, -0.15) is 0 Å². The maximum atomic E-state index is 9.64. The second-order valence-corrected chi connectivity index (χ2v) is 1.80. The first-order valence-corrected chi connectivity index (χ1v) is 2.75. The van der Waals surface area contributed by atoms with E-state index >= 15 is 0 Å². The van der Waals surface area contributed by atoms with E-state index in [0.29, 0.717) is 6.61 Å². The van der Waals surface area contributed by atoms with Crippen LogP contribution < -0.4 is 0 Å². The van der Waals surface area contributed by atoms with Crippen LogP contribution in [0, 0.1) is 10.1 Å². The molecular formula is C4H7NO5. The zero-order valence-electron chi connectivity index (χ0n) is 5.19. The lowest BCUT2D eigenvalue weighted by Crippen LogP contribution is -2.19. The molecule has 0 aromatic carbocycles. The molecule has 0 aromatic rings. The minimum atomic E-state index is -0.846. The molecule has 0 spiro atoms. The first kappa shape index (κ1) is 7.23. The van der Waals surface area contributed by atoms with Crippen LogP contribution in [0.15, 0.2) is 0 Å². The third-order valence-electron chi connectivity index (χ3n) is 1.06. The molecule has 0 amide bonds. The normalized spacial score (nSPS) is 24.6. The molecule has 10 heavy (non-hydrogen) atoms. The van der Waals surface area contributed by atoms with E-state index in [1.165, 1.54) is 0 Å². The Balaban J connectivity index is 2.07. The van der Waals surface area contributed by atoms with Gasteiger partial charge in [0, 0.05) is 0 Å². The van der Waals surface area contributed by atoms with Gasteiger partial charge < -0.3 is 14.3 Å². The van der Waals surface area contributed by atoms with Crippen LogP contribution in [0.3, 0.4) is 0 Å². The fourth-order valence-electron chi connectivity index (χ4n) is 0.612. The van der Waals surface area contributed by atoms with Gasteiger partial charge in [0.1, 0.15) is 19.5 Å². The number of rotatable bonds is 3. The SMILES string of the molecule is O=[N+]([O-])OCC1COCO1. The van der Waals surface area contributed by atoms with Crippen molar-refractivity contribution >= 4 is 0 Å². The Bertz CT molecular complexity index is 121. The molecule has 0 N–H and O–H groups in total. The predicted octanol–water partition coefficient (Wildman–Crippen LogP) is -0.432. The van der Waals surface area contributed by atoms with Gasteiger partial charge in [-0.15, -0.1) is 10.1 Å². The summed E-state index contributed by atoms with van der Waals surface area (Å²) in [6.07, 6.45) is -0.287. The average molecular weight is 149 g/mol. The van der Waals surface area contributed by atoms with Crippen LogP contribution in [-0.4, -0.2) is 31.2 Å². The highest BCUT2D eigenvalue weighted by Gasteiger charge is 2.17. The van der Waals surface area contributed by atoms with E-state index in [0.717, 1.165) is 0 Å². The first-order chi connectivity index (χ1) is 4.79. The maximum absolute atomic E-state index is 9.64. The third kappa shape index (κ3) is 2.16. The Morgan fingerprint density at radius 1 is 1.80 bits per heavy atom. The lowest BCUT2D eigenvalue weighted by Gasteiger charge is -2.03. The summed E-state index contributed by atoms with van der Waals surface area (Å²) in [5.74, 6) is 0. The minimum absolute atomic E-state index is 0.0486. The lowest BCUT2D eigenvalue weighted by atomic mass is 10.4. The Morgan fingerprint density at radius 3 is 3.10 bits per heavy atom. The van der Waals surface area contributed by atoms with E-state index in [4.69, 9.17) is 9.47 Å². The highest BCUT2D eigenvalue weighted by molar-refractivity contribution is 4.56. The number of ether oxygens (including phenoxy) is 2. The van der Waals surface area contributed by atoms with Crippen LogP contribution in [0.1, 0.15) is 0 Å². The molecule has 0 radical (unpaired) electrons. The molecule has 1 aliphatic heterocycles. The van der Waals surface area contributed by atoms with Crippen LogP contribution in [0.25, 0.3) is 0 Å². The highest BCUT2D eigenvalue weighted by Crippen LogP contribution is 2.02. The van der Waals surface area contributed by atoms with Gasteiger partial charge in [0.05, 0.1) is 6.61 Å². The van der Waals surface area contributed by atoms with Crippen LogP contribution in [-0.2, 0) is 14.3 Å². The van der Waals surface area contributed by atoms with Gasteiger partial charge in [-0.05, 0) is 0 Å².